The number of nitrogens with one attached hydrogen (secondary N) is 1. The topological polar surface area (TPSA) is 56.8 Å². The zero-order valence-electron chi connectivity index (χ0n) is 17.4. The van der Waals surface area contributed by atoms with E-state index in [4.69, 9.17) is 14.2 Å². The van der Waals surface area contributed by atoms with E-state index in [9.17, 15) is 4.79 Å². The predicted molar refractivity (Wildman–Crippen MR) is 113 cm³/mol. The summed E-state index contributed by atoms with van der Waals surface area (Å²) >= 11 is 1.54. The number of methoxy groups -OCH3 is 1. The first-order valence-corrected chi connectivity index (χ1v) is 10.1. The molecule has 0 aliphatic rings. The van der Waals surface area contributed by atoms with E-state index in [0.29, 0.717) is 18.1 Å². The third-order valence-corrected chi connectivity index (χ3v) is 4.88. The third kappa shape index (κ3) is 6.68. The molecule has 6 heteroatoms. The lowest BCUT2D eigenvalue weighted by Gasteiger charge is -2.24. The number of rotatable bonds is 7. The Morgan fingerprint density at radius 3 is 2.36 bits per heavy atom. The average molecular weight is 404 g/mol. The molecule has 0 aliphatic heterocycles. The van der Waals surface area contributed by atoms with Crippen LogP contribution in [0.4, 0.5) is 4.79 Å². The fourth-order valence-corrected chi connectivity index (χ4v) is 3.48. The van der Waals surface area contributed by atoms with Gasteiger partial charge in [0.2, 0.25) is 0 Å². The molecule has 1 atom stereocenters. The van der Waals surface area contributed by atoms with Gasteiger partial charge < -0.3 is 19.5 Å². The van der Waals surface area contributed by atoms with Crippen LogP contribution < -0.4 is 14.8 Å². The SMILES string of the molecule is CCOc1cc(C(NC(=O)OC(C)(C)C)Sc2ccc(C)cc2)ccc1OC. The Morgan fingerprint density at radius 1 is 1.11 bits per heavy atom. The second kappa shape index (κ2) is 9.73. The van der Waals surface area contributed by atoms with Gasteiger partial charge in [0.1, 0.15) is 11.0 Å². The van der Waals surface area contributed by atoms with E-state index in [2.05, 4.69) is 5.32 Å². The summed E-state index contributed by atoms with van der Waals surface area (Å²) < 4.78 is 16.5. The van der Waals surface area contributed by atoms with E-state index in [-0.39, 0.29) is 5.37 Å². The molecule has 0 aromatic heterocycles. The Hall–Kier alpha value is -2.34. The number of thioether (sulfide) groups is 1. The second-order valence-electron chi connectivity index (χ2n) is 7.30. The molecule has 152 valence electrons. The van der Waals surface area contributed by atoms with Gasteiger partial charge in [0.05, 0.1) is 13.7 Å². The van der Waals surface area contributed by atoms with Crippen LogP contribution in [-0.4, -0.2) is 25.4 Å². The van der Waals surface area contributed by atoms with Gasteiger partial charge in [-0.15, -0.1) is 0 Å². The van der Waals surface area contributed by atoms with Crippen LogP contribution in [0, 0.1) is 6.92 Å². The first-order valence-electron chi connectivity index (χ1n) is 9.25. The summed E-state index contributed by atoms with van der Waals surface area (Å²) in [4.78, 5) is 13.5. The van der Waals surface area contributed by atoms with Crippen LogP contribution in [0.25, 0.3) is 0 Å². The predicted octanol–water partition coefficient (Wildman–Crippen LogP) is 5.72. The van der Waals surface area contributed by atoms with Gasteiger partial charge in [-0.2, -0.15) is 0 Å². The standard InChI is InChI=1S/C22H29NO4S/c1-7-26-19-14-16(10-13-18(19)25-6)20(23-21(24)27-22(3,4)5)28-17-11-8-15(2)9-12-17/h8-14,20H,7H2,1-6H3,(H,23,24). The molecule has 0 saturated heterocycles. The highest BCUT2D eigenvalue weighted by molar-refractivity contribution is 7.99. The fourth-order valence-electron chi connectivity index (χ4n) is 2.47. The Morgan fingerprint density at radius 2 is 1.79 bits per heavy atom. The zero-order valence-corrected chi connectivity index (χ0v) is 18.2. The van der Waals surface area contributed by atoms with Crippen molar-refractivity contribution in [2.24, 2.45) is 0 Å². The summed E-state index contributed by atoms with van der Waals surface area (Å²) in [5.41, 5.74) is 1.50. The number of hydrogen-bond acceptors (Lipinski definition) is 5. The summed E-state index contributed by atoms with van der Waals surface area (Å²) in [7, 11) is 1.61. The summed E-state index contributed by atoms with van der Waals surface area (Å²) in [6.07, 6.45) is -0.467. The molecular weight excluding hydrogens is 374 g/mol. The van der Waals surface area contributed by atoms with Gasteiger partial charge >= 0.3 is 6.09 Å². The number of benzene rings is 2. The van der Waals surface area contributed by atoms with Crippen molar-refractivity contribution in [1.29, 1.82) is 0 Å². The summed E-state index contributed by atoms with van der Waals surface area (Å²) in [6.45, 7) is 10.0. The lowest BCUT2D eigenvalue weighted by molar-refractivity contribution is 0.0521. The Kier molecular flexibility index (Phi) is 7.63. The number of hydrogen-bond donors (Lipinski definition) is 1. The largest absolute Gasteiger partial charge is 0.493 e. The summed E-state index contributed by atoms with van der Waals surface area (Å²) in [5.74, 6) is 1.30. The van der Waals surface area contributed by atoms with Gasteiger partial charge in [0, 0.05) is 4.90 Å². The number of carbonyl (C=O) groups excluding carboxylic acids is 1. The highest BCUT2D eigenvalue weighted by atomic mass is 32.2. The van der Waals surface area contributed by atoms with Crippen LogP contribution in [0.15, 0.2) is 47.4 Å². The maximum atomic E-state index is 12.4. The zero-order chi connectivity index (χ0) is 20.7. The van der Waals surface area contributed by atoms with E-state index in [1.165, 1.54) is 17.3 Å². The van der Waals surface area contributed by atoms with E-state index in [1.807, 2.05) is 77.1 Å². The molecule has 0 fully saturated rings. The molecule has 0 spiro atoms. The molecule has 2 aromatic rings. The fraction of sp³-hybridized carbons (Fsp3) is 0.409. The smallest absolute Gasteiger partial charge is 0.408 e. The lowest BCUT2D eigenvalue weighted by Crippen LogP contribution is -2.34. The van der Waals surface area contributed by atoms with Gasteiger partial charge in [-0.25, -0.2) is 4.79 Å². The number of ether oxygens (including phenoxy) is 3. The van der Waals surface area contributed by atoms with Crippen molar-refractivity contribution < 1.29 is 19.0 Å². The molecule has 0 aliphatic carbocycles. The second-order valence-corrected chi connectivity index (χ2v) is 8.48. The molecule has 5 nitrogen and oxygen atoms in total. The van der Waals surface area contributed by atoms with Crippen molar-refractivity contribution in [2.45, 2.75) is 50.5 Å². The molecule has 1 unspecified atom stereocenters. The minimum atomic E-state index is -0.570. The van der Waals surface area contributed by atoms with E-state index < -0.39 is 11.7 Å². The van der Waals surface area contributed by atoms with Crippen LogP contribution in [0.3, 0.4) is 0 Å². The lowest BCUT2D eigenvalue weighted by atomic mass is 10.2. The Bertz CT molecular complexity index is 784. The number of amides is 1. The van der Waals surface area contributed by atoms with Crippen LogP contribution in [0.2, 0.25) is 0 Å². The van der Waals surface area contributed by atoms with Gasteiger partial charge in [0.25, 0.3) is 0 Å². The average Bonchev–Trinajstić information content (AvgIpc) is 2.61. The maximum absolute atomic E-state index is 12.4. The first kappa shape index (κ1) is 22.0. The van der Waals surface area contributed by atoms with Crippen LogP contribution in [0.1, 0.15) is 44.2 Å². The van der Waals surface area contributed by atoms with Crippen LogP contribution >= 0.6 is 11.8 Å². The molecule has 0 saturated carbocycles. The van der Waals surface area contributed by atoms with Crippen molar-refractivity contribution in [3.63, 3.8) is 0 Å². The van der Waals surface area contributed by atoms with Gasteiger partial charge in [-0.3, -0.25) is 0 Å². The van der Waals surface area contributed by atoms with Crippen LogP contribution in [-0.2, 0) is 4.74 Å². The van der Waals surface area contributed by atoms with Crippen molar-refractivity contribution in [3.8, 4) is 11.5 Å². The van der Waals surface area contributed by atoms with Gasteiger partial charge in [-0.05, 0) is 64.4 Å². The van der Waals surface area contributed by atoms with Gasteiger partial charge in [0.15, 0.2) is 11.5 Å². The number of carbonyl (C=O) groups is 1. The van der Waals surface area contributed by atoms with E-state index >= 15 is 0 Å². The first-order chi connectivity index (χ1) is 13.2. The molecule has 0 bridgehead atoms. The van der Waals surface area contributed by atoms with Crippen molar-refractivity contribution in [3.05, 3.63) is 53.6 Å². The molecular formula is C22H29NO4S. The monoisotopic (exact) mass is 403 g/mol. The summed E-state index contributed by atoms with van der Waals surface area (Å²) in [5, 5.41) is 2.62. The van der Waals surface area contributed by atoms with E-state index in [0.717, 1.165) is 10.5 Å². The highest BCUT2D eigenvalue weighted by Gasteiger charge is 2.22. The van der Waals surface area contributed by atoms with Crippen molar-refractivity contribution in [2.75, 3.05) is 13.7 Å². The molecule has 28 heavy (non-hydrogen) atoms. The molecule has 2 aromatic carbocycles. The van der Waals surface area contributed by atoms with Crippen LogP contribution in [0.5, 0.6) is 11.5 Å². The minimum Gasteiger partial charge on any atom is -0.493 e. The molecule has 0 radical (unpaired) electrons. The molecule has 0 heterocycles. The maximum Gasteiger partial charge on any atom is 0.408 e. The quantitative estimate of drug-likeness (QED) is 0.473. The third-order valence-electron chi connectivity index (χ3n) is 3.71. The molecule has 1 amide bonds. The Balaban J connectivity index is 2.32. The molecule has 2 rings (SSSR count). The summed E-state index contributed by atoms with van der Waals surface area (Å²) in [6, 6.07) is 13.8. The minimum absolute atomic E-state index is 0.345. The highest BCUT2D eigenvalue weighted by Crippen LogP contribution is 2.37. The molecule has 1 N–H and O–H groups in total. The Labute approximate surface area is 171 Å². The number of alkyl carbamates (subject to hydrolysis) is 1. The van der Waals surface area contributed by atoms with Crippen molar-refractivity contribution in [1.82, 2.24) is 5.32 Å². The van der Waals surface area contributed by atoms with Gasteiger partial charge in [-0.1, -0.05) is 35.5 Å². The number of aryl methyl sites for hydroxylation is 1. The van der Waals surface area contributed by atoms with E-state index in [1.54, 1.807) is 7.11 Å². The van der Waals surface area contributed by atoms with Crippen molar-refractivity contribution >= 4 is 17.9 Å². The normalized spacial score (nSPS) is 12.2.